The highest BCUT2D eigenvalue weighted by Gasteiger charge is 2.41. The summed E-state index contributed by atoms with van der Waals surface area (Å²) in [5.74, 6) is -0.979. The summed E-state index contributed by atoms with van der Waals surface area (Å²) >= 11 is 0. The zero-order chi connectivity index (χ0) is 17.7. The second kappa shape index (κ2) is 12.2. The van der Waals surface area contributed by atoms with E-state index < -0.39 is 17.6 Å². The van der Waals surface area contributed by atoms with Gasteiger partial charge in [-0.3, -0.25) is 4.90 Å². The van der Waals surface area contributed by atoms with Gasteiger partial charge in [-0.1, -0.05) is 58.8 Å². The Hall–Kier alpha value is -1.26. The number of carboxylic acid groups (broad SMARTS) is 1. The first-order valence-corrected chi connectivity index (χ1v) is 9.11. The van der Waals surface area contributed by atoms with Crippen molar-refractivity contribution in [2.45, 2.75) is 91.0 Å². The Morgan fingerprint density at radius 1 is 0.957 bits per heavy atom. The maximum atomic E-state index is 12.1. The largest absolute Gasteiger partial charge is 0.480 e. The third kappa shape index (κ3) is 7.71. The minimum absolute atomic E-state index is 0.256. The Balaban J connectivity index is 4.39. The fourth-order valence-electron chi connectivity index (χ4n) is 2.60. The Bertz CT molecular complexity index is 346. The van der Waals surface area contributed by atoms with Gasteiger partial charge in [-0.05, 0) is 26.7 Å². The first-order valence-electron chi connectivity index (χ1n) is 9.11. The van der Waals surface area contributed by atoms with Gasteiger partial charge in [-0.15, -0.1) is 0 Å². The predicted molar refractivity (Wildman–Crippen MR) is 92.7 cm³/mol. The molecule has 0 aromatic heterocycles. The molecule has 0 aliphatic heterocycles. The van der Waals surface area contributed by atoms with Gasteiger partial charge in [0.1, 0.15) is 5.54 Å². The molecule has 136 valence electrons. The zero-order valence-electron chi connectivity index (χ0n) is 15.4. The molecule has 5 heteroatoms. The van der Waals surface area contributed by atoms with E-state index in [-0.39, 0.29) is 6.61 Å². The van der Waals surface area contributed by atoms with Crippen LogP contribution in [0, 0.1) is 0 Å². The number of nitrogens with zero attached hydrogens (tertiary/aromatic N) is 1. The average Bonchev–Trinajstić information content (AvgIpc) is 2.52. The second-order valence-electron chi connectivity index (χ2n) is 6.26. The SMILES string of the molecule is CCCCCCCCCCN(C(=O)OCC)C(C)(CC)C(=O)O. The van der Waals surface area contributed by atoms with Crippen LogP contribution >= 0.6 is 0 Å². The van der Waals surface area contributed by atoms with Gasteiger partial charge in [0, 0.05) is 6.54 Å². The fourth-order valence-corrected chi connectivity index (χ4v) is 2.60. The van der Waals surface area contributed by atoms with Crippen LogP contribution < -0.4 is 0 Å². The van der Waals surface area contributed by atoms with Crippen molar-refractivity contribution in [3.05, 3.63) is 0 Å². The number of ether oxygens (including phenoxy) is 1. The summed E-state index contributed by atoms with van der Waals surface area (Å²) in [7, 11) is 0. The van der Waals surface area contributed by atoms with Crippen LogP contribution in [-0.2, 0) is 9.53 Å². The van der Waals surface area contributed by atoms with Crippen LogP contribution in [0.2, 0.25) is 0 Å². The molecular formula is C18H35NO4. The molecule has 0 heterocycles. The molecule has 0 saturated carbocycles. The van der Waals surface area contributed by atoms with Gasteiger partial charge in [-0.25, -0.2) is 9.59 Å². The highest BCUT2D eigenvalue weighted by atomic mass is 16.6. The minimum Gasteiger partial charge on any atom is -0.480 e. The Kier molecular flexibility index (Phi) is 11.5. The molecule has 0 saturated heterocycles. The van der Waals surface area contributed by atoms with Crippen LogP contribution in [-0.4, -0.2) is 40.8 Å². The molecule has 0 bridgehead atoms. The van der Waals surface area contributed by atoms with Gasteiger partial charge < -0.3 is 9.84 Å². The highest BCUT2D eigenvalue weighted by Crippen LogP contribution is 2.22. The van der Waals surface area contributed by atoms with Crippen LogP contribution in [0.1, 0.15) is 85.5 Å². The standard InChI is InChI=1S/C18H35NO4/c1-5-8-9-10-11-12-13-14-15-19(17(22)23-7-3)18(4,6-2)16(20)21/h5-15H2,1-4H3,(H,20,21). The minimum atomic E-state index is -1.20. The summed E-state index contributed by atoms with van der Waals surface area (Å²) in [4.78, 5) is 25.1. The van der Waals surface area contributed by atoms with Crippen molar-refractivity contribution in [3.8, 4) is 0 Å². The van der Waals surface area contributed by atoms with Crippen LogP contribution in [0.5, 0.6) is 0 Å². The third-order valence-corrected chi connectivity index (χ3v) is 4.47. The van der Waals surface area contributed by atoms with E-state index in [1.807, 2.05) is 0 Å². The average molecular weight is 329 g/mol. The molecule has 5 nitrogen and oxygen atoms in total. The van der Waals surface area contributed by atoms with Crippen molar-refractivity contribution < 1.29 is 19.4 Å². The Morgan fingerprint density at radius 2 is 1.48 bits per heavy atom. The van der Waals surface area contributed by atoms with Crippen molar-refractivity contribution in [3.63, 3.8) is 0 Å². The van der Waals surface area contributed by atoms with Crippen LogP contribution in [0.15, 0.2) is 0 Å². The summed E-state index contributed by atoms with van der Waals surface area (Å²) in [6, 6.07) is 0. The number of carboxylic acids is 1. The number of unbranched alkanes of at least 4 members (excludes halogenated alkanes) is 7. The molecule has 0 aliphatic rings. The molecule has 1 unspecified atom stereocenters. The lowest BCUT2D eigenvalue weighted by Gasteiger charge is -2.36. The van der Waals surface area contributed by atoms with E-state index in [4.69, 9.17) is 4.74 Å². The number of amides is 1. The van der Waals surface area contributed by atoms with Gasteiger partial charge in [0.15, 0.2) is 0 Å². The summed E-state index contributed by atoms with van der Waals surface area (Å²) in [6.45, 7) is 8.01. The number of aliphatic carboxylic acids is 1. The van der Waals surface area contributed by atoms with E-state index in [1.54, 1.807) is 20.8 Å². The van der Waals surface area contributed by atoms with Crippen molar-refractivity contribution in [1.82, 2.24) is 4.90 Å². The van der Waals surface area contributed by atoms with Crippen molar-refractivity contribution in [2.75, 3.05) is 13.2 Å². The van der Waals surface area contributed by atoms with Crippen LogP contribution in [0.3, 0.4) is 0 Å². The quantitative estimate of drug-likeness (QED) is 0.491. The van der Waals surface area contributed by atoms with E-state index in [2.05, 4.69) is 6.92 Å². The van der Waals surface area contributed by atoms with Crippen molar-refractivity contribution >= 4 is 12.1 Å². The molecular weight excluding hydrogens is 294 g/mol. The highest BCUT2D eigenvalue weighted by molar-refractivity contribution is 5.83. The number of hydrogen-bond donors (Lipinski definition) is 1. The lowest BCUT2D eigenvalue weighted by Crippen LogP contribution is -2.55. The number of hydrogen-bond acceptors (Lipinski definition) is 3. The topological polar surface area (TPSA) is 66.8 Å². The number of rotatable bonds is 13. The molecule has 0 aromatic carbocycles. The monoisotopic (exact) mass is 329 g/mol. The maximum absolute atomic E-state index is 12.1. The molecule has 0 radical (unpaired) electrons. The van der Waals surface area contributed by atoms with Crippen molar-refractivity contribution in [2.24, 2.45) is 0 Å². The molecule has 0 rings (SSSR count). The molecule has 1 N–H and O–H groups in total. The van der Waals surface area contributed by atoms with E-state index in [0.29, 0.717) is 13.0 Å². The Labute approximate surface area is 141 Å². The first-order chi connectivity index (χ1) is 10.9. The van der Waals surface area contributed by atoms with E-state index in [0.717, 1.165) is 19.3 Å². The van der Waals surface area contributed by atoms with Gasteiger partial charge in [0.2, 0.25) is 0 Å². The van der Waals surface area contributed by atoms with Gasteiger partial charge in [0.25, 0.3) is 0 Å². The van der Waals surface area contributed by atoms with Gasteiger partial charge >= 0.3 is 12.1 Å². The molecule has 1 atom stereocenters. The molecule has 0 spiro atoms. The molecule has 0 fully saturated rings. The van der Waals surface area contributed by atoms with E-state index in [1.165, 1.54) is 37.0 Å². The normalized spacial score (nSPS) is 13.4. The summed E-state index contributed by atoms with van der Waals surface area (Å²) in [6.07, 6.45) is 9.11. The number of carbonyl (C=O) groups excluding carboxylic acids is 1. The van der Waals surface area contributed by atoms with E-state index >= 15 is 0 Å². The van der Waals surface area contributed by atoms with Crippen molar-refractivity contribution in [1.29, 1.82) is 0 Å². The fraction of sp³-hybridized carbons (Fsp3) is 0.889. The third-order valence-electron chi connectivity index (χ3n) is 4.47. The van der Waals surface area contributed by atoms with Crippen LogP contribution in [0.4, 0.5) is 4.79 Å². The summed E-state index contributed by atoms with van der Waals surface area (Å²) in [5, 5.41) is 9.49. The molecule has 1 amide bonds. The molecule has 23 heavy (non-hydrogen) atoms. The first kappa shape index (κ1) is 21.7. The zero-order valence-corrected chi connectivity index (χ0v) is 15.4. The number of carbonyl (C=O) groups is 2. The second-order valence-corrected chi connectivity index (χ2v) is 6.26. The Morgan fingerprint density at radius 3 is 1.91 bits per heavy atom. The predicted octanol–water partition coefficient (Wildman–Crippen LogP) is 4.84. The lowest BCUT2D eigenvalue weighted by atomic mass is 9.96. The van der Waals surface area contributed by atoms with Crippen LogP contribution in [0.25, 0.3) is 0 Å². The molecule has 0 aromatic rings. The van der Waals surface area contributed by atoms with Gasteiger partial charge in [0.05, 0.1) is 6.61 Å². The smallest absolute Gasteiger partial charge is 0.410 e. The summed E-state index contributed by atoms with van der Waals surface area (Å²) < 4.78 is 5.05. The summed E-state index contributed by atoms with van der Waals surface area (Å²) in [5.41, 5.74) is -1.20. The van der Waals surface area contributed by atoms with E-state index in [9.17, 15) is 14.7 Å². The maximum Gasteiger partial charge on any atom is 0.410 e. The molecule has 0 aliphatic carbocycles. The lowest BCUT2D eigenvalue weighted by molar-refractivity contribution is -0.149. The van der Waals surface area contributed by atoms with Gasteiger partial charge in [-0.2, -0.15) is 0 Å².